The molecule has 2 rings (SSSR count). The molecular formula is C16H25NO. The summed E-state index contributed by atoms with van der Waals surface area (Å²) in [5, 5.41) is 12.9. The van der Waals surface area contributed by atoms with Crippen LogP contribution in [0.3, 0.4) is 0 Å². The van der Waals surface area contributed by atoms with Gasteiger partial charge in [0, 0.05) is 12.1 Å². The lowest BCUT2D eigenvalue weighted by Crippen LogP contribution is -2.45. The number of aliphatic hydroxyl groups is 1. The van der Waals surface area contributed by atoms with E-state index >= 15 is 0 Å². The molecule has 1 aliphatic carbocycles. The fraction of sp³-hybridized carbons (Fsp3) is 0.625. The SMILES string of the molecule is Cc1cccc(C2CC(NC(C)CC(C)O)C2)c1. The Morgan fingerprint density at radius 3 is 2.67 bits per heavy atom. The molecule has 1 aliphatic rings. The molecule has 0 spiro atoms. The lowest BCUT2D eigenvalue weighted by molar-refractivity contribution is 0.159. The third-order valence-corrected chi connectivity index (χ3v) is 3.87. The second-order valence-corrected chi connectivity index (χ2v) is 5.93. The molecule has 1 aromatic rings. The standard InChI is InChI=1S/C16H25NO/c1-11-5-4-6-14(7-11)15-9-16(10-15)17-12(2)8-13(3)18/h4-7,12-13,15-18H,8-10H2,1-3H3. The summed E-state index contributed by atoms with van der Waals surface area (Å²) in [4.78, 5) is 0. The Labute approximate surface area is 110 Å². The van der Waals surface area contributed by atoms with E-state index < -0.39 is 0 Å². The van der Waals surface area contributed by atoms with Crippen molar-refractivity contribution in [2.45, 2.75) is 64.1 Å². The van der Waals surface area contributed by atoms with Crippen LogP contribution in [0, 0.1) is 6.92 Å². The fourth-order valence-corrected chi connectivity index (χ4v) is 2.93. The van der Waals surface area contributed by atoms with Crippen molar-refractivity contribution in [1.29, 1.82) is 0 Å². The molecule has 0 aliphatic heterocycles. The van der Waals surface area contributed by atoms with E-state index in [2.05, 4.69) is 43.4 Å². The fourth-order valence-electron chi connectivity index (χ4n) is 2.93. The summed E-state index contributed by atoms with van der Waals surface area (Å²) in [7, 11) is 0. The van der Waals surface area contributed by atoms with Crippen LogP contribution in [0.4, 0.5) is 0 Å². The Hall–Kier alpha value is -0.860. The molecule has 2 heteroatoms. The second-order valence-electron chi connectivity index (χ2n) is 5.93. The van der Waals surface area contributed by atoms with Crippen LogP contribution in [0.25, 0.3) is 0 Å². The Morgan fingerprint density at radius 1 is 1.33 bits per heavy atom. The lowest BCUT2D eigenvalue weighted by Gasteiger charge is -2.38. The highest BCUT2D eigenvalue weighted by molar-refractivity contribution is 5.27. The smallest absolute Gasteiger partial charge is 0.0526 e. The van der Waals surface area contributed by atoms with Gasteiger partial charge in [0.1, 0.15) is 0 Å². The highest BCUT2D eigenvalue weighted by Crippen LogP contribution is 2.37. The Balaban J connectivity index is 1.77. The van der Waals surface area contributed by atoms with E-state index in [1.54, 1.807) is 0 Å². The highest BCUT2D eigenvalue weighted by atomic mass is 16.3. The van der Waals surface area contributed by atoms with E-state index in [-0.39, 0.29) is 6.10 Å². The summed E-state index contributed by atoms with van der Waals surface area (Å²) in [5.41, 5.74) is 2.84. The molecule has 0 aromatic heterocycles. The van der Waals surface area contributed by atoms with E-state index in [1.807, 2.05) is 6.92 Å². The van der Waals surface area contributed by atoms with Gasteiger partial charge in [-0.15, -0.1) is 0 Å². The van der Waals surface area contributed by atoms with Gasteiger partial charge in [-0.05, 0) is 51.5 Å². The van der Waals surface area contributed by atoms with Crippen molar-refractivity contribution in [2.24, 2.45) is 0 Å². The number of rotatable bonds is 5. The van der Waals surface area contributed by atoms with Gasteiger partial charge < -0.3 is 10.4 Å². The van der Waals surface area contributed by atoms with Gasteiger partial charge >= 0.3 is 0 Å². The Morgan fingerprint density at radius 2 is 2.06 bits per heavy atom. The number of benzene rings is 1. The highest BCUT2D eigenvalue weighted by Gasteiger charge is 2.30. The molecule has 0 saturated heterocycles. The van der Waals surface area contributed by atoms with Gasteiger partial charge in [-0.2, -0.15) is 0 Å². The molecular weight excluding hydrogens is 222 g/mol. The van der Waals surface area contributed by atoms with Crippen molar-refractivity contribution in [3.05, 3.63) is 35.4 Å². The monoisotopic (exact) mass is 247 g/mol. The first-order valence-electron chi connectivity index (χ1n) is 7.05. The maximum Gasteiger partial charge on any atom is 0.0526 e. The summed E-state index contributed by atoms with van der Waals surface area (Å²) in [6.07, 6.45) is 3.09. The Bertz CT molecular complexity index is 382. The van der Waals surface area contributed by atoms with Gasteiger partial charge in [-0.1, -0.05) is 29.8 Å². The van der Waals surface area contributed by atoms with Crippen molar-refractivity contribution >= 4 is 0 Å². The van der Waals surface area contributed by atoms with Crippen LogP contribution in [0.5, 0.6) is 0 Å². The van der Waals surface area contributed by atoms with Gasteiger partial charge in [0.15, 0.2) is 0 Å². The molecule has 1 saturated carbocycles. The number of aryl methyl sites for hydroxylation is 1. The number of nitrogens with one attached hydrogen (secondary N) is 1. The largest absolute Gasteiger partial charge is 0.393 e. The van der Waals surface area contributed by atoms with Gasteiger partial charge in [-0.25, -0.2) is 0 Å². The van der Waals surface area contributed by atoms with Crippen LogP contribution in [-0.2, 0) is 0 Å². The van der Waals surface area contributed by atoms with Crippen LogP contribution in [0.15, 0.2) is 24.3 Å². The van der Waals surface area contributed by atoms with E-state index in [0.717, 1.165) is 12.3 Å². The molecule has 2 unspecified atom stereocenters. The summed E-state index contributed by atoms with van der Waals surface area (Å²) in [6, 6.07) is 9.90. The average molecular weight is 247 g/mol. The molecule has 2 N–H and O–H groups in total. The zero-order chi connectivity index (χ0) is 13.1. The normalized spacial score (nSPS) is 26.4. The lowest BCUT2D eigenvalue weighted by atomic mass is 9.75. The van der Waals surface area contributed by atoms with Crippen molar-refractivity contribution < 1.29 is 5.11 Å². The topological polar surface area (TPSA) is 32.3 Å². The van der Waals surface area contributed by atoms with Crippen LogP contribution >= 0.6 is 0 Å². The minimum atomic E-state index is -0.208. The van der Waals surface area contributed by atoms with Crippen LogP contribution in [0.1, 0.15) is 50.2 Å². The molecule has 2 nitrogen and oxygen atoms in total. The van der Waals surface area contributed by atoms with Crippen molar-refractivity contribution in [1.82, 2.24) is 5.32 Å². The molecule has 2 atom stereocenters. The second kappa shape index (κ2) is 5.85. The quantitative estimate of drug-likeness (QED) is 0.838. The predicted molar refractivity (Wildman–Crippen MR) is 75.8 cm³/mol. The van der Waals surface area contributed by atoms with Crippen molar-refractivity contribution in [3.8, 4) is 0 Å². The van der Waals surface area contributed by atoms with E-state index in [9.17, 15) is 5.11 Å². The zero-order valence-corrected chi connectivity index (χ0v) is 11.7. The maximum absolute atomic E-state index is 9.35. The Kier molecular flexibility index (Phi) is 4.41. The first-order chi connectivity index (χ1) is 8.54. The molecule has 1 fully saturated rings. The van der Waals surface area contributed by atoms with Gasteiger partial charge in [0.2, 0.25) is 0 Å². The van der Waals surface area contributed by atoms with E-state index in [4.69, 9.17) is 0 Å². The minimum absolute atomic E-state index is 0.208. The summed E-state index contributed by atoms with van der Waals surface area (Å²) in [5.74, 6) is 0.723. The number of hydrogen-bond donors (Lipinski definition) is 2. The average Bonchev–Trinajstić information content (AvgIpc) is 2.21. The molecule has 0 amide bonds. The first-order valence-corrected chi connectivity index (χ1v) is 7.05. The third-order valence-electron chi connectivity index (χ3n) is 3.87. The minimum Gasteiger partial charge on any atom is -0.393 e. The molecule has 1 aromatic carbocycles. The number of hydrogen-bond acceptors (Lipinski definition) is 2. The van der Waals surface area contributed by atoms with E-state index in [1.165, 1.54) is 24.0 Å². The van der Waals surface area contributed by atoms with Crippen LogP contribution in [0.2, 0.25) is 0 Å². The van der Waals surface area contributed by atoms with Crippen LogP contribution in [-0.4, -0.2) is 23.3 Å². The van der Waals surface area contributed by atoms with Gasteiger partial charge in [0.25, 0.3) is 0 Å². The molecule has 100 valence electrons. The summed E-state index contributed by atoms with van der Waals surface area (Å²) < 4.78 is 0. The van der Waals surface area contributed by atoms with Crippen molar-refractivity contribution in [2.75, 3.05) is 0 Å². The van der Waals surface area contributed by atoms with Gasteiger partial charge in [-0.3, -0.25) is 0 Å². The molecule has 0 radical (unpaired) electrons. The van der Waals surface area contributed by atoms with E-state index in [0.29, 0.717) is 12.1 Å². The zero-order valence-electron chi connectivity index (χ0n) is 11.7. The number of aliphatic hydroxyl groups excluding tert-OH is 1. The molecule has 18 heavy (non-hydrogen) atoms. The van der Waals surface area contributed by atoms with Crippen LogP contribution < -0.4 is 5.32 Å². The van der Waals surface area contributed by atoms with Crippen molar-refractivity contribution in [3.63, 3.8) is 0 Å². The third kappa shape index (κ3) is 3.56. The molecule has 0 heterocycles. The first kappa shape index (κ1) is 13.6. The summed E-state index contributed by atoms with van der Waals surface area (Å²) in [6.45, 7) is 6.17. The van der Waals surface area contributed by atoms with Gasteiger partial charge in [0.05, 0.1) is 6.10 Å². The molecule has 0 bridgehead atoms. The predicted octanol–water partition coefficient (Wildman–Crippen LogP) is 2.99. The summed E-state index contributed by atoms with van der Waals surface area (Å²) >= 11 is 0. The maximum atomic E-state index is 9.35.